The third kappa shape index (κ3) is 9.13. The summed E-state index contributed by atoms with van der Waals surface area (Å²) in [7, 11) is 4.62. The summed E-state index contributed by atoms with van der Waals surface area (Å²) >= 11 is -1.61. The van der Waals surface area contributed by atoms with Crippen LogP contribution in [0.2, 0.25) is 0 Å². The molecule has 0 rings (SSSR count). The molecule has 0 heterocycles. The molecular weight excluding hydrogens is 469 g/mol. The van der Waals surface area contributed by atoms with Gasteiger partial charge in [0.15, 0.2) is 0 Å². The first-order valence-corrected chi connectivity index (χ1v) is 6.05. The van der Waals surface area contributed by atoms with Gasteiger partial charge in [-0.05, 0) is 0 Å². The van der Waals surface area contributed by atoms with Crippen LogP contribution in [-0.2, 0) is 2.81 Å². The van der Waals surface area contributed by atoms with Crippen LogP contribution in [0.15, 0.2) is 0 Å². The summed E-state index contributed by atoms with van der Waals surface area (Å²) in [6.07, 6.45) is 0. The molecular formula is Bi2ClO. The molecule has 0 aromatic carbocycles. The zero-order valence-electron chi connectivity index (χ0n) is 1.68. The molecule has 0 saturated heterocycles. The van der Waals surface area contributed by atoms with Gasteiger partial charge in [0.25, 0.3) is 0 Å². The third-order valence-corrected chi connectivity index (χ3v) is 0. The van der Waals surface area contributed by atoms with Crippen molar-refractivity contribution in [2.45, 2.75) is 0 Å². The monoisotopic (exact) mass is 469 g/mol. The van der Waals surface area contributed by atoms with E-state index in [0.29, 0.717) is 0 Å². The Hall–Kier alpha value is 1.86. The van der Waals surface area contributed by atoms with E-state index < -0.39 is 22.0 Å². The Balaban J connectivity index is 0. The fraction of sp³-hybridized carbons (Fsp3) is 0. The van der Waals surface area contributed by atoms with Gasteiger partial charge < -0.3 is 0 Å². The van der Waals surface area contributed by atoms with Crippen LogP contribution in [0.1, 0.15) is 0 Å². The van der Waals surface area contributed by atoms with Crippen molar-refractivity contribution in [2.24, 2.45) is 0 Å². The summed E-state index contributed by atoms with van der Waals surface area (Å²) in [5, 5.41) is 0. The van der Waals surface area contributed by atoms with E-state index in [2.05, 4.69) is 8.51 Å². The molecule has 0 atom stereocenters. The normalized spacial score (nSPS) is 3.25. The molecule has 1 nitrogen and oxygen atoms in total. The quantitative estimate of drug-likeness (QED) is 0.450. The molecule has 3 radical (unpaired) electrons. The minimum absolute atomic E-state index is 0. The molecule has 4 heavy (non-hydrogen) atoms. The van der Waals surface area contributed by atoms with Gasteiger partial charge in [0.1, 0.15) is 0 Å². The topological polar surface area (TPSA) is 17.1 Å². The molecule has 0 N–H and O–H groups in total. The van der Waals surface area contributed by atoms with Crippen LogP contribution in [-0.4, -0.2) is 48.2 Å². The maximum absolute atomic E-state index is 8.88. The predicted molar refractivity (Wildman–Crippen MR) is 18.0 cm³/mol. The first kappa shape index (κ1) is 9.29. The molecule has 0 aliphatic heterocycles. The van der Waals surface area contributed by atoms with Crippen LogP contribution >= 0.6 is 8.51 Å². The zero-order chi connectivity index (χ0) is 2.71. The number of halogens is 1. The van der Waals surface area contributed by atoms with E-state index in [-0.39, 0.29) is 26.2 Å². The Morgan fingerprint density at radius 1 is 1.75 bits per heavy atom. The summed E-state index contributed by atoms with van der Waals surface area (Å²) in [6, 6.07) is 0. The molecule has 0 aromatic heterocycles. The van der Waals surface area contributed by atoms with Gasteiger partial charge in [-0.1, -0.05) is 0 Å². The number of rotatable bonds is 0. The van der Waals surface area contributed by atoms with Crippen molar-refractivity contribution in [3.63, 3.8) is 0 Å². The van der Waals surface area contributed by atoms with Crippen LogP contribution < -0.4 is 0 Å². The molecule has 0 fully saturated rings. The van der Waals surface area contributed by atoms with Crippen molar-refractivity contribution >= 4 is 56.8 Å². The fourth-order valence-electron chi connectivity index (χ4n) is 0. The molecule has 4 heteroatoms. The van der Waals surface area contributed by atoms with Gasteiger partial charge >= 0.3 is 33.4 Å². The Labute approximate surface area is 58.8 Å². The van der Waals surface area contributed by atoms with Gasteiger partial charge in [-0.15, -0.1) is 0 Å². The van der Waals surface area contributed by atoms with E-state index in [1.165, 1.54) is 0 Å². The van der Waals surface area contributed by atoms with Crippen LogP contribution in [0.25, 0.3) is 0 Å². The Morgan fingerprint density at radius 2 is 1.75 bits per heavy atom. The van der Waals surface area contributed by atoms with Gasteiger partial charge in [-0.2, -0.15) is 0 Å². The molecule has 23 valence electrons. The summed E-state index contributed by atoms with van der Waals surface area (Å²) in [4.78, 5) is 0. The van der Waals surface area contributed by atoms with E-state index in [0.717, 1.165) is 0 Å². The second kappa shape index (κ2) is 8.85. The molecule has 0 aromatic rings. The number of hydrogen-bond acceptors (Lipinski definition) is 1. The van der Waals surface area contributed by atoms with Gasteiger partial charge in [-0.3, -0.25) is 0 Å². The van der Waals surface area contributed by atoms with E-state index in [1.54, 1.807) is 0 Å². The summed E-state index contributed by atoms with van der Waals surface area (Å²) in [5.41, 5.74) is 0. The standard InChI is InChI=1S/2Bi.ClH.O/h;;1H;/q;+1;;/p-1. The van der Waals surface area contributed by atoms with Gasteiger partial charge in [0.2, 0.25) is 0 Å². The Kier molecular flexibility index (Phi) is 20.6. The third-order valence-electron chi connectivity index (χ3n) is 0. The molecule has 0 amide bonds. The van der Waals surface area contributed by atoms with E-state index in [4.69, 9.17) is 2.81 Å². The second-order valence-corrected chi connectivity index (χ2v) is 1.82. The summed E-state index contributed by atoms with van der Waals surface area (Å²) in [5.74, 6) is 0. The molecule has 0 saturated carbocycles. The molecule has 0 spiro atoms. The first-order valence-electron chi connectivity index (χ1n) is 0.352. The molecule has 0 aliphatic rings. The van der Waals surface area contributed by atoms with Crippen molar-refractivity contribution in [1.82, 2.24) is 0 Å². The minimum atomic E-state index is -1.61. The van der Waals surface area contributed by atoms with Gasteiger partial charge in [-0.25, -0.2) is 0 Å². The van der Waals surface area contributed by atoms with Gasteiger partial charge in [0, 0.05) is 26.2 Å². The zero-order valence-corrected chi connectivity index (χ0v) is 9.39. The van der Waals surface area contributed by atoms with Crippen molar-refractivity contribution in [3.8, 4) is 0 Å². The van der Waals surface area contributed by atoms with Crippen molar-refractivity contribution in [3.05, 3.63) is 0 Å². The van der Waals surface area contributed by atoms with E-state index in [1.807, 2.05) is 0 Å². The summed E-state index contributed by atoms with van der Waals surface area (Å²) < 4.78 is 8.88. The molecule has 0 aliphatic carbocycles. The summed E-state index contributed by atoms with van der Waals surface area (Å²) in [6.45, 7) is 0. The van der Waals surface area contributed by atoms with Crippen LogP contribution in [0.4, 0.5) is 0 Å². The van der Waals surface area contributed by atoms with E-state index in [9.17, 15) is 0 Å². The van der Waals surface area contributed by atoms with Crippen LogP contribution in [0, 0.1) is 0 Å². The maximum atomic E-state index is 8.88. The average molecular weight is 469 g/mol. The Bertz CT molecular complexity index is 13.5. The molecule has 0 unspecified atom stereocenters. The fourth-order valence-corrected chi connectivity index (χ4v) is 0. The molecule has 0 bridgehead atoms. The van der Waals surface area contributed by atoms with Gasteiger partial charge in [0.05, 0.1) is 0 Å². The Morgan fingerprint density at radius 3 is 1.75 bits per heavy atom. The van der Waals surface area contributed by atoms with Crippen LogP contribution in [0.5, 0.6) is 0 Å². The SMILES string of the molecule is [Bi].[O]=[Bi][Cl]. The number of hydrogen-bond donors (Lipinski definition) is 0. The second-order valence-electron chi connectivity index (χ2n) is 0.0690. The van der Waals surface area contributed by atoms with Crippen molar-refractivity contribution in [2.75, 3.05) is 0 Å². The first-order chi connectivity index (χ1) is 1.41. The van der Waals surface area contributed by atoms with E-state index >= 15 is 0 Å². The predicted octanol–water partition coefficient (Wildman–Crippen LogP) is -0.191. The average Bonchev–Trinajstić information content (AvgIpc) is 0.918. The van der Waals surface area contributed by atoms with Crippen molar-refractivity contribution in [1.29, 1.82) is 0 Å². The van der Waals surface area contributed by atoms with Crippen molar-refractivity contribution < 1.29 is 2.81 Å². The van der Waals surface area contributed by atoms with Crippen LogP contribution in [0.3, 0.4) is 0 Å².